The molecule has 0 atom stereocenters. The van der Waals surface area contributed by atoms with E-state index in [0.29, 0.717) is 18.9 Å². The van der Waals surface area contributed by atoms with Crippen LogP contribution in [0.5, 0.6) is 5.75 Å². The lowest BCUT2D eigenvalue weighted by Gasteiger charge is -2.18. The Labute approximate surface area is 129 Å². The third-order valence-corrected chi connectivity index (χ3v) is 4.54. The minimum Gasteiger partial charge on any atom is -0.494 e. The molecule has 1 rings (SSSR count). The minimum atomic E-state index is -3.43. The van der Waals surface area contributed by atoms with Crippen molar-refractivity contribution in [3.8, 4) is 5.75 Å². The molecule has 0 saturated carbocycles. The summed E-state index contributed by atoms with van der Waals surface area (Å²) in [5.41, 5.74) is 0.111. The molecule has 0 aliphatic carbocycles. The summed E-state index contributed by atoms with van der Waals surface area (Å²) < 4.78 is 32.4. The monoisotopic (exact) mass is 313 g/mol. The topological polar surface area (TPSA) is 55.4 Å². The normalized spacial score (nSPS) is 12.4. The Morgan fingerprint density at radius 2 is 1.76 bits per heavy atom. The van der Waals surface area contributed by atoms with E-state index in [1.54, 1.807) is 24.3 Å². The molecule has 0 unspecified atom stereocenters. The van der Waals surface area contributed by atoms with Gasteiger partial charge in [-0.15, -0.1) is 0 Å². The first kappa shape index (κ1) is 18.0. The van der Waals surface area contributed by atoms with Gasteiger partial charge >= 0.3 is 0 Å². The lowest BCUT2D eigenvalue weighted by Crippen LogP contribution is -2.27. The van der Waals surface area contributed by atoms with E-state index in [-0.39, 0.29) is 10.3 Å². The van der Waals surface area contributed by atoms with E-state index in [2.05, 4.69) is 32.4 Å². The highest BCUT2D eigenvalue weighted by molar-refractivity contribution is 7.89. The molecule has 0 aromatic heterocycles. The van der Waals surface area contributed by atoms with Crippen LogP contribution in [0.1, 0.15) is 47.0 Å². The van der Waals surface area contributed by atoms with Gasteiger partial charge in [0.2, 0.25) is 10.0 Å². The molecule has 0 radical (unpaired) electrons. The Morgan fingerprint density at radius 1 is 1.14 bits per heavy atom. The highest BCUT2D eigenvalue weighted by atomic mass is 32.2. The second kappa shape index (κ2) is 7.80. The van der Waals surface area contributed by atoms with Crippen LogP contribution in [0.25, 0.3) is 0 Å². The molecule has 0 heterocycles. The summed E-state index contributed by atoms with van der Waals surface area (Å²) in [5.74, 6) is 0.706. The van der Waals surface area contributed by atoms with E-state index >= 15 is 0 Å². The van der Waals surface area contributed by atoms with Crippen molar-refractivity contribution in [2.75, 3.05) is 13.2 Å². The predicted octanol–water partition coefficient (Wildman–Crippen LogP) is 3.58. The summed E-state index contributed by atoms with van der Waals surface area (Å²) in [4.78, 5) is 0.277. The molecular formula is C16H27NO3S. The van der Waals surface area contributed by atoms with Gasteiger partial charge in [-0.1, -0.05) is 34.1 Å². The van der Waals surface area contributed by atoms with Gasteiger partial charge in [-0.05, 0) is 42.5 Å². The zero-order chi connectivity index (χ0) is 15.9. The zero-order valence-corrected chi connectivity index (χ0v) is 14.3. The average Bonchev–Trinajstić information content (AvgIpc) is 2.38. The van der Waals surface area contributed by atoms with Gasteiger partial charge in [0.05, 0.1) is 11.5 Å². The van der Waals surface area contributed by atoms with Gasteiger partial charge in [0.15, 0.2) is 0 Å². The van der Waals surface area contributed by atoms with Gasteiger partial charge in [-0.25, -0.2) is 13.1 Å². The molecule has 21 heavy (non-hydrogen) atoms. The maximum Gasteiger partial charge on any atom is 0.240 e. The van der Waals surface area contributed by atoms with Crippen molar-refractivity contribution in [3.63, 3.8) is 0 Å². The van der Waals surface area contributed by atoms with Gasteiger partial charge in [-0.2, -0.15) is 0 Å². The van der Waals surface area contributed by atoms with Crippen molar-refractivity contribution < 1.29 is 13.2 Å². The number of hydrogen-bond donors (Lipinski definition) is 1. The molecule has 1 N–H and O–H groups in total. The maximum absolute atomic E-state index is 12.1. The van der Waals surface area contributed by atoms with E-state index in [1.807, 2.05) is 0 Å². The van der Waals surface area contributed by atoms with Crippen LogP contribution in [0.3, 0.4) is 0 Å². The number of hydrogen-bond acceptors (Lipinski definition) is 3. The Morgan fingerprint density at radius 3 is 2.29 bits per heavy atom. The maximum atomic E-state index is 12.1. The van der Waals surface area contributed by atoms with Crippen LogP contribution < -0.4 is 9.46 Å². The fourth-order valence-corrected chi connectivity index (χ4v) is 2.72. The lowest BCUT2D eigenvalue weighted by atomic mass is 9.93. The van der Waals surface area contributed by atoms with Crippen molar-refractivity contribution in [1.82, 2.24) is 4.72 Å². The van der Waals surface area contributed by atoms with E-state index in [4.69, 9.17) is 4.74 Å². The first-order chi connectivity index (χ1) is 9.74. The summed E-state index contributed by atoms with van der Waals surface area (Å²) in [5, 5.41) is 0. The zero-order valence-electron chi connectivity index (χ0n) is 13.5. The van der Waals surface area contributed by atoms with Crippen LogP contribution in [0.15, 0.2) is 29.2 Å². The summed E-state index contributed by atoms with van der Waals surface area (Å²) in [6.45, 7) is 9.46. The quantitative estimate of drug-likeness (QED) is 0.746. The summed E-state index contributed by atoms with van der Waals surface area (Å²) in [6.07, 6.45) is 2.86. The van der Waals surface area contributed by atoms with Crippen molar-refractivity contribution in [2.24, 2.45) is 5.41 Å². The Balaban J connectivity index is 2.59. The van der Waals surface area contributed by atoms with Crippen LogP contribution in [-0.4, -0.2) is 21.6 Å². The number of nitrogens with one attached hydrogen (secondary N) is 1. The van der Waals surface area contributed by atoms with Gasteiger partial charge in [0.1, 0.15) is 5.75 Å². The van der Waals surface area contributed by atoms with E-state index in [0.717, 1.165) is 19.3 Å². The molecule has 0 aliphatic rings. The molecule has 0 aliphatic heterocycles. The molecule has 0 saturated heterocycles. The second-order valence-corrected chi connectivity index (χ2v) is 8.15. The molecule has 0 spiro atoms. The molecular weight excluding hydrogens is 286 g/mol. The van der Waals surface area contributed by atoms with Crippen molar-refractivity contribution >= 4 is 10.0 Å². The molecule has 1 aromatic rings. The third kappa shape index (κ3) is 6.96. The summed E-state index contributed by atoms with van der Waals surface area (Å²) >= 11 is 0. The third-order valence-electron chi connectivity index (χ3n) is 3.07. The summed E-state index contributed by atoms with van der Waals surface area (Å²) in [6, 6.07) is 6.57. The number of rotatable bonds is 8. The van der Waals surface area contributed by atoms with Crippen LogP contribution >= 0.6 is 0 Å². The molecule has 120 valence electrons. The largest absolute Gasteiger partial charge is 0.494 e. The van der Waals surface area contributed by atoms with Gasteiger partial charge < -0.3 is 4.74 Å². The van der Waals surface area contributed by atoms with Crippen LogP contribution in [0.4, 0.5) is 0 Å². The van der Waals surface area contributed by atoms with E-state index in [1.165, 1.54) is 0 Å². The fourth-order valence-electron chi connectivity index (χ4n) is 1.69. The second-order valence-electron chi connectivity index (χ2n) is 6.38. The van der Waals surface area contributed by atoms with E-state index in [9.17, 15) is 8.42 Å². The molecule has 0 bridgehead atoms. The molecule has 0 fully saturated rings. The number of benzene rings is 1. The van der Waals surface area contributed by atoms with Crippen molar-refractivity contribution in [3.05, 3.63) is 24.3 Å². The number of sulfonamides is 1. The first-order valence-corrected chi connectivity index (χ1v) is 8.95. The van der Waals surface area contributed by atoms with Gasteiger partial charge in [0, 0.05) is 6.54 Å². The van der Waals surface area contributed by atoms with Crippen molar-refractivity contribution in [1.29, 1.82) is 0 Å². The molecule has 4 nitrogen and oxygen atoms in total. The Hall–Kier alpha value is -1.07. The van der Waals surface area contributed by atoms with Crippen LogP contribution in [-0.2, 0) is 10.0 Å². The first-order valence-electron chi connectivity index (χ1n) is 7.47. The number of unbranched alkanes of at least 4 members (excludes halogenated alkanes) is 1. The number of ether oxygens (including phenoxy) is 1. The average molecular weight is 313 g/mol. The van der Waals surface area contributed by atoms with Gasteiger partial charge in [-0.3, -0.25) is 0 Å². The van der Waals surface area contributed by atoms with E-state index < -0.39 is 10.0 Å². The van der Waals surface area contributed by atoms with Crippen molar-refractivity contribution in [2.45, 2.75) is 51.9 Å². The van der Waals surface area contributed by atoms with Crippen LogP contribution in [0, 0.1) is 5.41 Å². The highest BCUT2D eigenvalue weighted by Crippen LogP contribution is 2.19. The molecule has 0 amide bonds. The highest BCUT2D eigenvalue weighted by Gasteiger charge is 2.16. The molecule has 5 heteroatoms. The lowest BCUT2D eigenvalue weighted by molar-refractivity contribution is 0.309. The standard InChI is InChI=1S/C16H27NO3S/c1-5-6-13-20-14-7-9-15(10-8-14)21(18,19)17-12-11-16(2,3)4/h7-10,17H,5-6,11-13H2,1-4H3. The smallest absolute Gasteiger partial charge is 0.240 e. The summed E-state index contributed by atoms with van der Waals surface area (Å²) in [7, 11) is -3.43. The van der Waals surface area contributed by atoms with Crippen LogP contribution in [0.2, 0.25) is 0 Å². The minimum absolute atomic E-state index is 0.111. The van der Waals surface area contributed by atoms with Gasteiger partial charge in [0.25, 0.3) is 0 Å². The fraction of sp³-hybridized carbons (Fsp3) is 0.625. The predicted molar refractivity (Wildman–Crippen MR) is 86.1 cm³/mol. The SMILES string of the molecule is CCCCOc1ccc(S(=O)(=O)NCCC(C)(C)C)cc1. The molecule has 1 aromatic carbocycles. The Kier molecular flexibility index (Phi) is 6.68. The Bertz CT molecular complexity index is 515.